The second-order valence-corrected chi connectivity index (χ2v) is 5.33. The van der Waals surface area contributed by atoms with Crippen molar-refractivity contribution >= 4 is 43.5 Å². The van der Waals surface area contributed by atoms with Gasteiger partial charge in [-0.05, 0) is 35.9 Å². The van der Waals surface area contributed by atoms with E-state index in [1.54, 1.807) is 0 Å². The minimum absolute atomic E-state index is 0.703. The maximum absolute atomic E-state index is 6.11. The Kier molecular flexibility index (Phi) is 4.48. The highest BCUT2D eigenvalue weighted by atomic mass is 79.9. The highest BCUT2D eigenvalue weighted by molar-refractivity contribution is 9.10. The van der Waals surface area contributed by atoms with Crippen LogP contribution in [0.3, 0.4) is 0 Å². The summed E-state index contributed by atoms with van der Waals surface area (Å²) in [6.07, 6.45) is 0. The van der Waals surface area contributed by atoms with Crippen molar-refractivity contribution in [2.75, 3.05) is 0 Å². The van der Waals surface area contributed by atoms with Crippen LogP contribution in [0.15, 0.2) is 46.9 Å². The van der Waals surface area contributed by atoms with Crippen molar-refractivity contribution in [3.63, 3.8) is 0 Å². The highest BCUT2D eigenvalue weighted by Crippen LogP contribution is 2.28. The first-order valence-corrected chi connectivity index (χ1v) is 7.26. The molecule has 0 bridgehead atoms. The minimum Gasteiger partial charge on any atom is -0.457 e. The summed E-state index contributed by atoms with van der Waals surface area (Å²) < 4.78 is 6.69. The van der Waals surface area contributed by atoms with Crippen LogP contribution in [-0.4, -0.2) is 0 Å². The molecular weight excluding hydrogens is 367 g/mol. The molecule has 0 spiro atoms. The van der Waals surface area contributed by atoms with E-state index in [1.165, 1.54) is 0 Å². The zero-order valence-electron chi connectivity index (χ0n) is 8.79. The largest absolute Gasteiger partial charge is 0.457 e. The van der Waals surface area contributed by atoms with Gasteiger partial charge in [-0.15, -0.1) is 0 Å². The summed E-state index contributed by atoms with van der Waals surface area (Å²) in [7, 11) is 0. The SMILES string of the molecule is Clc1cc(Oc2cccc(Br)c2)ccc1CBr. The van der Waals surface area contributed by atoms with Crippen molar-refractivity contribution in [2.24, 2.45) is 0 Å². The number of ether oxygens (including phenoxy) is 1. The summed E-state index contributed by atoms with van der Waals surface area (Å²) in [6.45, 7) is 0. The third-order valence-electron chi connectivity index (χ3n) is 2.20. The minimum atomic E-state index is 0.703. The summed E-state index contributed by atoms with van der Waals surface area (Å²) in [5, 5.41) is 1.44. The van der Waals surface area contributed by atoms with Crippen LogP contribution in [-0.2, 0) is 5.33 Å². The molecule has 0 aliphatic rings. The lowest BCUT2D eigenvalue weighted by atomic mass is 10.2. The lowest BCUT2D eigenvalue weighted by Crippen LogP contribution is -1.86. The Morgan fingerprint density at radius 3 is 2.47 bits per heavy atom. The quantitative estimate of drug-likeness (QED) is 0.616. The first-order valence-electron chi connectivity index (χ1n) is 4.97. The van der Waals surface area contributed by atoms with E-state index in [0.717, 1.165) is 26.9 Å². The summed E-state index contributed by atoms with van der Waals surface area (Å²) >= 11 is 12.9. The van der Waals surface area contributed by atoms with Crippen molar-refractivity contribution in [3.8, 4) is 11.5 Å². The van der Waals surface area contributed by atoms with Crippen LogP contribution in [0.25, 0.3) is 0 Å². The van der Waals surface area contributed by atoms with Gasteiger partial charge in [-0.3, -0.25) is 0 Å². The molecule has 0 aliphatic carbocycles. The first kappa shape index (κ1) is 12.9. The Balaban J connectivity index is 2.22. The van der Waals surface area contributed by atoms with E-state index in [2.05, 4.69) is 31.9 Å². The molecule has 0 aromatic heterocycles. The van der Waals surface area contributed by atoms with Gasteiger partial charge in [0.1, 0.15) is 11.5 Å². The normalized spacial score (nSPS) is 10.3. The van der Waals surface area contributed by atoms with Crippen LogP contribution < -0.4 is 4.74 Å². The lowest BCUT2D eigenvalue weighted by molar-refractivity contribution is 0.482. The van der Waals surface area contributed by atoms with Gasteiger partial charge in [0.25, 0.3) is 0 Å². The van der Waals surface area contributed by atoms with Crippen LogP contribution in [0.1, 0.15) is 5.56 Å². The van der Waals surface area contributed by atoms with Crippen LogP contribution >= 0.6 is 43.5 Å². The molecule has 2 aromatic rings. The van der Waals surface area contributed by atoms with E-state index in [-0.39, 0.29) is 0 Å². The Hall–Kier alpha value is -0.510. The number of hydrogen-bond acceptors (Lipinski definition) is 1. The predicted molar refractivity (Wildman–Crippen MR) is 78.3 cm³/mol. The summed E-state index contributed by atoms with van der Waals surface area (Å²) in [5.41, 5.74) is 1.05. The molecule has 1 nitrogen and oxygen atoms in total. The fraction of sp³-hybridized carbons (Fsp3) is 0.0769. The highest BCUT2D eigenvalue weighted by Gasteiger charge is 2.03. The molecule has 0 fully saturated rings. The Bertz CT molecular complexity index is 529. The molecule has 0 atom stereocenters. The smallest absolute Gasteiger partial charge is 0.128 e. The molecular formula is C13H9Br2ClO. The number of halogens is 3. The molecule has 0 radical (unpaired) electrons. The maximum atomic E-state index is 6.11. The van der Waals surface area contributed by atoms with Crippen LogP contribution in [0.2, 0.25) is 5.02 Å². The second kappa shape index (κ2) is 5.89. The fourth-order valence-corrected chi connectivity index (χ4v) is 2.63. The molecule has 2 rings (SSSR count). The molecule has 0 saturated carbocycles. The molecule has 0 heterocycles. The Morgan fingerprint density at radius 2 is 1.82 bits per heavy atom. The van der Waals surface area contributed by atoms with E-state index < -0.39 is 0 Å². The van der Waals surface area contributed by atoms with E-state index >= 15 is 0 Å². The molecule has 4 heteroatoms. The van der Waals surface area contributed by atoms with Gasteiger partial charge in [0.05, 0.1) is 0 Å². The Morgan fingerprint density at radius 1 is 1.06 bits per heavy atom. The number of benzene rings is 2. The first-order chi connectivity index (χ1) is 8.19. The third kappa shape index (κ3) is 3.47. The van der Waals surface area contributed by atoms with Gasteiger partial charge >= 0.3 is 0 Å². The van der Waals surface area contributed by atoms with Crippen LogP contribution in [0, 0.1) is 0 Å². The van der Waals surface area contributed by atoms with E-state index in [0.29, 0.717) is 5.02 Å². The van der Waals surface area contributed by atoms with Gasteiger partial charge in [0.15, 0.2) is 0 Å². The van der Waals surface area contributed by atoms with Crippen molar-refractivity contribution in [1.82, 2.24) is 0 Å². The number of hydrogen-bond donors (Lipinski definition) is 0. The van der Waals surface area contributed by atoms with Crippen molar-refractivity contribution in [2.45, 2.75) is 5.33 Å². The molecule has 0 unspecified atom stereocenters. The van der Waals surface area contributed by atoms with Gasteiger partial charge in [-0.2, -0.15) is 0 Å². The van der Waals surface area contributed by atoms with E-state index in [9.17, 15) is 0 Å². The molecule has 0 amide bonds. The van der Waals surface area contributed by atoms with Crippen molar-refractivity contribution in [1.29, 1.82) is 0 Å². The topological polar surface area (TPSA) is 9.23 Å². The molecule has 0 N–H and O–H groups in total. The number of rotatable bonds is 3. The summed E-state index contributed by atoms with van der Waals surface area (Å²) in [6, 6.07) is 13.4. The maximum Gasteiger partial charge on any atom is 0.128 e. The molecule has 0 saturated heterocycles. The van der Waals surface area contributed by atoms with Crippen LogP contribution in [0.5, 0.6) is 11.5 Å². The molecule has 0 aliphatic heterocycles. The van der Waals surface area contributed by atoms with Gasteiger partial charge in [0.2, 0.25) is 0 Å². The fourth-order valence-electron chi connectivity index (χ4n) is 1.37. The van der Waals surface area contributed by atoms with Crippen molar-refractivity contribution in [3.05, 3.63) is 57.5 Å². The van der Waals surface area contributed by atoms with Gasteiger partial charge in [-0.1, -0.05) is 55.6 Å². The average molecular weight is 376 g/mol. The third-order valence-corrected chi connectivity index (χ3v) is 3.65. The molecule has 2 aromatic carbocycles. The zero-order valence-corrected chi connectivity index (χ0v) is 12.7. The second-order valence-electron chi connectivity index (χ2n) is 3.45. The monoisotopic (exact) mass is 374 g/mol. The van der Waals surface area contributed by atoms with Crippen LogP contribution in [0.4, 0.5) is 0 Å². The standard InChI is InChI=1S/C13H9Br2ClO/c14-8-9-4-5-12(7-13(9)16)17-11-3-1-2-10(15)6-11/h1-7H,8H2. The molecule has 17 heavy (non-hydrogen) atoms. The van der Waals surface area contributed by atoms with Gasteiger partial charge in [0, 0.05) is 14.8 Å². The van der Waals surface area contributed by atoms with E-state index in [4.69, 9.17) is 16.3 Å². The zero-order chi connectivity index (χ0) is 12.3. The lowest BCUT2D eigenvalue weighted by Gasteiger charge is -2.07. The number of alkyl halides is 1. The average Bonchev–Trinajstić information content (AvgIpc) is 2.29. The Labute approximate surface area is 122 Å². The molecule has 88 valence electrons. The van der Waals surface area contributed by atoms with Gasteiger partial charge < -0.3 is 4.74 Å². The van der Waals surface area contributed by atoms with Gasteiger partial charge in [-0.25, -0.2) is 0 Å². The summed E-state index contributed by atoms with van der Waals surface area (Å²) in [4.78, 5) is 0. The summed E-state index contributed by atoms with van der Waals surface area (Å²) in [5.74, 6) is 1.51. The van der Waals surface area contributed by atoms with E-state index in [1.807, 2.05) is 42.5 Å². The van der Waals surface area contributed by atoms with Crippen molar-refractivity contribution < 1.29 is 4.74 Å². The predicted octanol–water partition coefficient (Wildman–Crippen LogP) is 5.79.